The van der Waals surface area contributed by atoms with Gasteiger partial charge in [0.2, 0.25) is 0 Å². The van der Waals surface area contributed by atoms with Crippen LogP contribution in [0.5, 0.6) is 0 Å². The molecule has 3 rings (SSSR count). The van der Waals surface area contributed by atoms with Crippen molar-refractivity contribution in [2.45, 2.75) is 45.4 Å². The van der Waals surface area contributed by atoms with Crippen molar-refractivity contribution in [3.63, 3.8) is 0 Å². The van der Waals surface area contributed by atoms with Gasteiger partial charge in [-0.1, -0.05) is 36.3 Å². The van der Waals surface area contributed by atoms with E-state index >= 15 is 0 Å². The monoisotopic (exact) mass is 427 g/mol. The maximum Gasteiger partial charge on any atom is 0.273 e. The molecule has 1 unspecified atom stereocenters. The standard InChI is InChI=1S/C16H23ClFN7O2Si/c1-11-15(21-27-25(11)12-5-6-14(18)13(17)9-12)19-16-20-22-23-24(16)10-26-7-8-28(2,3)4/h5-6,9,11H,7-8,10H2,1-4H3,(H,19,20,21,23). The van der Waals surface area contributed by atoms with Gasteiger partial charge in [0.1, 0.15) is 18.6 Å². The van der Waals surface area contributed by atoms with E-state index in [2.05, 4.69) is 45.6 Å². The highest BCUT2D eigenvalue weighted by Crippen LogP contribution is 2.26. The van der Waals surface area contributed by atoms with Gasteiger partial charge in [0.15, 0.2) is 5.84 Å². The van der Waals surface area contributed by atoms with E-state index in [-0.39, 0.29) is 17.8 Å². The summed E-state index contributed by atoms with van der Waals surface area (Å²) in [5.74, 6) is 0.302. The van der Waals surface area contributed by atoms with E-state index < -0.39 is 13.9 Å². The molecule has 1 aliphatic heterocycles. The van der Waals surface area contributed by atoms with Gasteiger partial charge < -0.3 is 4.74 Å². The second-order valence-corrected chi connectivity index (χ2v) is 13.6. The van der Waals surface area contributed by atoms with Crippen LogP contribution in [0.4, 0.5) is 16.0 Å². The summed E-state index contributed by atoms with van der Waals surface area (Å²) in [6.45, 7) is 9.61. The molecule has 0 aliphatic carbocycles. The van der Waals surface area contributed by atoms with Crippen molar-refractivity contribution < 1.29 is 14.1 Å². The number of nitrogens with one attached hydrogen (secondary N) is 1. The molecule has 0 saturated carbocycles. The summed E-state index contributed by atoms with van der Waals surface area (Å²) >= 11 is 5.85. The highest BCUT2D eigenvalue weighted by atomic mass is 35.5. The first-order valence-electron chi connectivity index (χ1n) is 8.84. The molecule has 1 aliphatic rings. The number of nitrogens with zero attached hydrogens (tertiary/aromatic N) is 6. The highest BCUT2D eigenvalue weighted by Gasteiger charge is 2.30. The number of aromatic nitrogens is 4. The molecule has 1 fully saturated rings. The molecular formula is C16H23ClFN7O2Si. The minimum atomic E-state index is -1.16. The first-order valence-corrected chi connectivity index (χ1v) is 12.9. The molecule has 1 aromatic heterocycles. The quantitative estimate of drug-likeness (QED) is 0.536. The lowest BCUT2D eigenvalue weighted by Gasteiger charge is -2.18. The van der Waals surface area contributed by atoms with E-state index in [1.54, 1.807) is 6.07 Å². The Morgan fingerprint density at radius 1 is 1.39 bits per heavy atom. The number of aliphatic imine (C=N–C) groups is 1. The van der Waals surface area contributed by atoms with Crippen molar-refractivity contribution in [3.8, 4) is 0 Å². The topological polar surface area (TPSA) is 89.7 Å². The summed E-state index contributed by atoms with van der Waals surface area (Å²) in [7, 11) is -1.16. The Morgan fingerprint density at radius 3 is 2.89 bits per heavy atom. The van der Waals surface area contributed by atoms with Crippen LogP contribution in [0.25, 0.3) is 0 Å². The van der Waals surface area contributed by atoms with Gasteiger partial charge in [-0.2, -0.15) is 14.6 Å². The van der Waals surface area contributed by atoms with Crippen molar-refractivity contribution in [1.82, 2.24) is 25.7 Å². The molecule has 0 bridgehead atoms. The zero-order chi connectivity index (χ0) is 20.3. The van der Waals surface area contributed by atoms with Crippen molar-refractivity contribution in [2.75, 3.05) is 11.7 Å². The number of rotatable bonds is 7. The van der Waals surface area contributed by atoms with Gasteiger partial charge >= 0.3 is 0 Å². The molecule has 1 aromatic carbocycles. The summed E-state index contributed by atoms with van der Waals surface area (Å²) in [6.07, 6.45) is 0. The summed E-state index contributed by atoms with van der Waals surface area (Å²) in [4.78, 5) is 9.88. The SMILES string of the molecule is CC1C(=Nc2nnnn2COCC[Si](C)(C)C)NON1c1ccc(F)c(Cl)c1. The summed E-state index contributed by atoms with van der Waals surface area (Å²) in [5.41, 5.74) is 3.33. The second-order valence-electron chi connectivity index (χ2n) is 7.62. The number of amidine groups is 1. The number of halogens is 2. The average molecular weight is 428 g/mol. The number of benzene rings is 1. The van der Waals surface area contributed by atoms with Gasteiger partial charge in [-0.05, 0) is 41.6 Å². The number of anilines is 1. The van der Waals surface area contributed by atoms with Crippen LogP contribution in [0.3, 0.4) is 0 Å². The van der Waals surface area contributed by atoms with Crippen LogP contribution in [0, 0.1) is 5.82 Å². The van der Waals surface area contributed by atoms with Gasteiger partial charge in [0.05, 0.1) is 10.7 Å². The largest absolute Gasteiger partial charge is 0.359 e. The summed E-state index contributed by atoms with van der Waals surface area (Å²) in [5, 5.41) is 13.0. The van der Waals surface area contributed by atoms with Crippen LogP contribution in [0.2, 0.25) is 30.7 Å². The Kier molecular flexibility index (Phi) is 6.28. The maximum absolute atomic E-state index is 13.4. The second kappa shape index (κ2) is 8.51. The van der Waals surface area contributed by atoms with Crippen LogP contribution < -0.4 is 10.5 Å². The summed E-state index contributed by atoms with van der Waals surface area (Å²) < 4.78 is 20.5. The van der Waals surface area contributed by atoms with Crippen molar-refractivity contribution >= 4 is 37.1 Å². The molecule has 9 nitrogen and oxygen atoms in total. The minimum Gasteiger partial charge on any atom is -0.359 e. The van der Waals surface area contributed by atoms with Crippen LogP contribution in [-0.4, -0.2) is 46.8 Å². The third-order valence-electron chi connectivity index (χ3n) is 4.10. The number of hydroxylamine groups is 2. The first-order chi connectivity index (χ1) is 13.2. The average Bonchev–Trinajstić information content (AvgIpc) is 3.21. The fourth-order valence-electron chi connectivity index (χ4n) is 2.39. The third-order valence-corrected chi connectivity index (χ3v) is 6.09. The van der Waals surface area contributed by atoms with Crippen LogP contribution in [0.15, 0.2) is 23.2 Å². The Labute approximate surface area is 168 Å². The van der Waals surface area contributed by atoms with E-state index in [4.69, 9.17) is 21.3 Å². The molecule has 152 valence electrons. The maximum atomic E-state index is 13.4. The smallest absolute Gasteiger partial charge is 0.273 e. The van der Waals surface area contributed by atoms with Crippen molar-refractivity contribution in [2.24, 2.45) is 4.99 Å². The number of hydrogen-bond donors (Lipinski definition) is 1. The minimum absolute atomic E-state index is 0.0121. The number of tetrazole rings is 1. The van der Waals surface area contributed by atoms with E-state index in [9.17, 15) is 4.39 Å². The van der Waals surface area contributed by atoms with Crippen molar-refractivity contribution in [1.29, 1.82) is 0 Å². The zero-order valence-electron chi connectivity index (χ0n) is 16.2. The van der Waals surface area contributed by atoms with E-state index in [1.807, 2.05) is 6.92 Å². The van der Waals surface area contributed by atoms with E-state index in [1.165, 1.54) is 21.9 Å². The molecule has 1 N–H and O–H groups in total. The lowest BCUT2D eigenvalue weighted by atomic mass is 10.2. The lowest BCUT2D eigenvalue weighted by molar-refractivity contribution is 0.0783. The molecule has 2 heterocycles. The van der Waals surface area contributed by atoms with Crippen LogP contribution in [0.1, 0.15) is 6.92 Å². The van der Waals surface area contributed by atoms with Gasteiger partial charge in [-0.3, -0.25) is 0 Å². The molecule has 0 radical (unpaired) electrons. The summed E-state index contributed by atoms with van der Waals surface area (Å²) in [6, 6.07) is 5.09. The lowest BCUT2D eigenvalue weighted by Crippen LogP contribution is -2.29. The van der Waals surface area contributed by atoms with Crippen LogP contribution in [-0.2, 0) is 16.4 Å². The molecule has 0 spiro atoms. The fraction of sp³-hybridized carbons (Fsp3) is 0.500. The molecule has 1 atom stereocenters. The first kappa shape index (κ1) is 20.6. The molecule has 2 aromatic rings. The Balaban J connectivity index is 1.66. The Hall–Kier alpha value is -2.08. The van der Waals surface area contributed by atoms with Gasteiger partial charge in [0.25, 0.3) is 5.95 Å². The predicted octanol–water partition coefficient (Wildman–Crippen LogP) is 3.15. The van der Waals surface area contributed by atoms with E-state index in [0.29, 0.717) is 24.1 Å². The van der Waals surface area contributed by atoms with Gasteiger partial charge in [-0.25, -0.2) is 14.9 Å². The molecule has 1 saturated heterocycles. The molecule has 28 heavy (non-hydrogen) atoms. The predicted molar refractivity (Wildman–Crippen MR) is 107 cm³/mol. The van der Waals surface area contributed by atoms with Gasteiger partial charge in [-0.15, -0.1) is 0 Å². The van der Waals surface area contributed by atoms with Crippen molar-refractivity contribution in [3.05, 3.63) is 29.0 Å². The van der Waals surface area contributed by atoms with E-state index in [0.717, 1.165) is 6.04 Å². The molecule has 0 amide bonds. The fourth-order valence-corrected chi connectivity index (χ4v) is 3.32. The van der Waals surface area contributed by atoms with Gasteiger partial charge in [0, 0.05) is 14.7 Å². The van der Waals surface area contributed by atoms with Crippen LogP contribution >= 0.6 is 11.6 Å². The number of hydrogen-bond acceptors (Lipinski definition) is 7. The highest BCUT2D eigenvalue weighted by molar-refractivity contribution is 6.76. The Morgan fingerprint density at radius 2 is 2.18 bits per heavy atom. The molecular weight excluding hydrogens is 405 g/mol. The third kappa shape index (κ3) is 5.04. The normalized spacial score (nSPS) is 18.7. The number of ether oxygens (including phenoxy) is 1. The molecule has 12 heteroatoms. The zero-order valence-corrected chi connectivity index (χ0v) is 17.9. The Bertz CT molecular complexity index is 858.